The fraction of sp³-hybridized carbons (Fsp3) is 0.300. The van der Waals surface area contributed by atoms with Gasteiger partial charge in [0.25, 0.3) is 5.91 Å². The second-order valence-corrected chi connectivity index (χ2v) is 5.57. The van der Waals surface area contributed by atoms with Crippen molar-refractivity contribution in [3.63, 3.8) is 0 Å². The number of nitrogens with zero attached hydrogens (tertiary/aromatic N) is 1. The van der Waals surface area contributed by atoms with E-state index < -0.39 is 0 Å². The number of amides is 1. The van der Waals surface area contributed by atoms with Crippen LogP contribution in [0.4, 0.5) is 0 Å². The van der Waals surface area contributed by atoms with E-state index in [1.54, 1.807) is 25.3 Å². The lowest BCUT2D eigenvalue weighted by molar-refractivity contribution is -0.123. The summed E-state index contributed by atoms with van der Waals surface area (Å²) in [5.74, 6) is 1.36. The Hall–Kier alpha value is -3.20. The van der Waals surface area contributed by atoms with Crippen molar-refractivity contribution in [2.75, 3.05) is 20.8 Å². The molecule has 0 radical (unpaired) electrons. The van der Waals surface area contributed by atoms with Crippen LogP contribution in [0.5, 0.6) is 17.2 Å². The predicted octanol–water partition coefficient (Wildman–Crippen LogP) is 3.22. The number of nitrogens with one attached hydrogen (secondary N) is 1. The Kier molecular flexibility index (Phi) is 6.86. The quantitative estimate of drug-likeness (QED) is 0.787. The van der Waals surface area contributed by atoms with Crippen LogP contribution in [0, 0.1) is 11.3 Å². The molecule has 0 saturated heterocycles. The SMILES string of the molecule is CCC(NC(=O)COc1ccc(C#N)cc1OC)c1ccc(OC)cc1. The highest BCUT2D eigenvalue weighted by Gasteiger charge is 2.14. The van der Waals surface area contributed by atoms with Crippen molar-refractivity contribution in [2.24, 2.45) is 0 Å². The fourth-order valence-electron chi connectivity index (χ4n) is 2.49. The van der Waals surface area contributed by atoms with Crippen LogP contribution in [0.1, 0.15) is 30.5 Å². The molecule has 0 heterocycles. The van der Waals surface area contributed by atoms with Crippen molar-refractivity contribution in [1.29, 1.82) is 5.26 Å². The Bertz CT molecular complexity index is 781. The second-order valence-electron chi connectivity index (χ2n) is 5.57. The number of rotatable bonds is 8. The summed E-state index contributed by atoms with van der Waals surface area (Å²) in [6.07, 6.45) is 0.748. The van der Waals surface area contributed by atoms with Crippen LogP contribution in [0.3, 0.4) is 0 Å². The summed E-state index contributed by atoms with van der Waals surface area (Å²) in [6, 6.07) is 14.3. The van der Waals surface area contributed by atoms with E-state index in [2.05, 4.69) is 5.32 Å². The Morgan fingerprint density at radius 3 is 2.42 bits per heavy atom. The van der Waals surface area contributed by atoms with Gasteiger partial charge in [-0.3, -0.25) is 4.79 Å². The molecule has 0 fully saturated rings. The molecule has 0 aliphatic rings. The minimum Gasteiger partial charge on any atom is -0.497 e. The molecule has 136 valence electrons. The van der Waals surface area contributed by atoms with E-state index in [1.165, 1.54) is 7.11 Å². The number of methoxy groups -OCH3 is 2. The van der Waals surface area contributed by atoms with Gasteiger partial charge in [-0.15, -0.1) is 0 Å². The van der Waals surface area contributed by atoms with E-state index in [4.69, 9.17) is 19.5 Å². The van der Waals surface area contributed by atoms with Gasteiger partial charge in [0.1, 0.15) is 5.75 Å². The van der Waals surface area contributed by atoms with Gasteiger partial charge in [0.05, 0.1) is 31.9 Å². The Labute approximate surface area is 153 Å². The standard InChI is InChI=1S/C20H22N2O4/c1-4-17(15-6-8-16(24-2)9-7-15)22-20(23)13-26-18-10-5-14(12-21)11-19(18)25-3/h5-11,17H,4,13H2,1-3H3,(H,22,23). The zero-order valence-electron chi connectivity index (χ0n) is 15.1. The molecule has 0 bridgehead atoms. The molecule has 1 amide bonds. The summed E-state index contributed by atoms with van der Waals surface area (Å²) >= 11 is 0. The van der Waals surface area contributed by atoms with Crippen LogP contribution in [0.15, 0.2) is 42.5 Å². The largest absolute Gasteiger partial charge is 0.497 e. The third kappa shape index (κ3) is 4.90. The molecule has 1 atom stereocenters. The summed E-state index contributed by atoms with van der Waals surface area (Å²) in [5.41, 5.74) is 1.46. The van der Waals surface area contributed by atoms with Gasteiger partial charge in [-0.25, -0.2) is 0 Å². The van der Waals surface area contributed by atoms with E-state index >= 15 is 0 Å². The number of hydrogen-bond donors (Lipinski definition) is 1. The number of hydrogen-bond acceptors (Lipinski definition) is 5. The van der Waals surface area contributed by atoms with Gasteiger partial charge in [-0.2, -0.15) is 5.26 Å². The molecule has 1 N–H and O–H groups in total. The molecule has 0 aliphatic heterocycles. The summed E-state index contributed by atoms with van der Waals surface area (Å²) < 4.78 is 15.9. The maximum Gasteiger partial charge on any atom is 0.258 e. The van der Waals surface area contributed by atoms with Crippen LogP contribution >= 0.6 is 0 Å². The lowest BCUT2D eigenvalue weighted by Crippen LogP contribution is -2.32. The smallest absolute Gasteiger partial charge is 0.258 e. The van der Waals surface area contributed by atoms with Crippen molar-refractivity contribution >= 4 is 5.91 Å². The van der Waals surface area contributed by atoms with Gasteiger partial charge in [0.15, 0.2) is 18.1 Å². The topological polar surface area (TPSA) is 80.6 Å². The third-order valence-corrected chi connectivity index (χ3v) is 3.91. The van der Waals surface area contributed by atoms with Crippen LogP contribution in [0.2, 0.25) is 0 Å². The molecule has 1 unspecified atom stereocenters. The molecule has 2 aromatic rings. The zero-order valence-corrected chi connectivity index (χ0v) is 15.1. The first kappa shape index (κ1) is 19.1. The Morgan fingerprint density at radius 2 is 1.85 bits per heavy atom. The highest BCUT2D eigenvalue weighted by molar-refractivity contribution is 5.78. The van der Waals surface area contributed by atoms with Gasteiger partial charge < -0.3 is 19.5 Å². The van der Waals surface area contributed by atoms with Crippen molar-refractivity contribution in [1.82, 2.24) is 5.32 Å². The molecule has 6 nitrogen and oxygen atoms in total. The number of nitriles is 1. The van der Waals surface area contributed by atoms with E-state index in [0.29, 0.717) is 17.1 Å². The second kappa shape index (κ2) is 9.33. The minimum absolute atomic E-state index is 0.111. The third-order valence-electron chi connectivity index (χ3n) is 3.91. The van der Waals surface area contributed by atoms with Crippen LogP contribution in [-0.4, -0.2) is 26.7 Å². The van der Waals surface area contributed by atoms with Crippen molar-refractivity contribution in [3.05, 3.63) is 53.6 Å². The molecule has 0 saturated carbocycles. The molecule has 2 rings (SSSR count). The van der Waals surface area contributed by atoms with Crippen molar-refractivity contribution < 1.29 is 19.0 Å². The lowest BCUT2D eigenvalue weighted by Gasteiger charge is -2.18. The first-order valence-electron chi connectivity index (χ1n) is 8.25. The molecule has 0 aliphatic carbocycles. The summed E-state index contributed by atoms with van der Waals surface area (Å²) in [4.78, 5) is 12.3. The van der Waals surface area contributed by atoms with E-state index in [0.717, 1.165) is 17.7 Å². The molecule has 26 heavy (non-hydrogen) atoms. The minimum atomic E-state index is -0.237. The van der Waals surface area contributed by atoms with Gasteiger partial charge in [0, 0.05) is 6.07 Å². The van der Waals surface area contributed by atoms with Gasteiger partial charge >= 0.3 is 0 Å². The number of carbonyl (C=O) groups is 1. The van der Waals surface area contributed by atoms with Crippen LogP contribution in [0.25, 0.3) is 0 Å². The number of benzene rings is 2. The lowest BCUT2D eigenvalue weighted by atomic mass is 10.0. The van der Waals surface area contributed by atoms with Crippen molar-refractivity contribution in [3.8, 4) is 23.3 Å². The summed E-state index contributed by atoms with van der Waals surface area (Å²) in [5, 5.41) is 11.9. The molecule has 2 aromatic carbocycles. The van der Waals surface area contributed by atoms with Gasteiger partial charge in [-0.05, 0) is 36.2 Å². The summed E-state index contributed by atoms with van der Waals surface area (Å²) in [6.45, 7) is 1.86. The van der Waals surface area contributed by atoms with E-state index in [9.17, 15) is 4.79 Å². The fourth-order valence-corrected chi connectivity index (χ4v) is 2.49. The maximum absolute atomic E-state index is 12.3. The molecular formula is C20H22N2O4. The summed E-state index contributed by atoms with van der Waals surface area (Å²) in [7, 11) is 3.10. The van der Waals surface area contributed by atoms with Crippen LogP contribution < -0.4 is 19.5 Å². The number of carbonyl (C=O) groups excluding carboxylic acids is 1. The molecular weight excluding hydrogens is 332 g/mol. The normalized spacial score (nSPS) is 11.2. The van der Waals surface area contributed by atoms with Gasteiger partial charge in [-0.1, -0.05) is 19.1 Å². The van der Waals surface area contributed by atoms with Gasteiger partial charge in [0.2, 0.25) is 0 Å². The van der Waals surface area contributed by atoms with E-state index in [1.807, 2.05) is 37.3 Å². The highest BCUT2D eigenvalue weighted by Crippen LogP contribution is 2.27. The van der Waals surface area contributed by atoms with Crippen molar-refractivity contribution in [2.45, 2.75) is 19.4 Å². The first-order chi connectivity index (χ1) is 12.6. The molecule has 0 aromatic heterocycles. The average Bonchev–Trinajstić information content (AvgIpc) is 2.70. The molecule has 0 spiro atoms. The highest BCUT2D eigenvalue weighted by atomic mass is 16.5. The monoisotopic (exact) mass is 354 g/mol. The number of ether oxygens (including phenoxy) is 3. The Balaban J connectivity index is 1.97. The van der Waals surface area contributed by atoms with E-state index in [-0.39, 0.29) is 18.6 Å². The Morgan fingerprint density at radius 1 is 1.12 bits per heavy atom. The predicted molar refractivity (Wildman–Crippen MR) is 97.4 cm³/mol. The first-order valence-corrected chi connectivity index (χ1v) is 8.25. The van der Waals surface area contributed by atoms with Crippen LogP contribution in [-0.2, 0) is 4.79 Å². The molecule has 6 heteroatoms. The average molecular weight is 354 g/mol. The maximum atomic E-state index is 12.3. The zero-order chi connectivity index (χ0) is 18.9.